The van der Waals surface area contributed by atoms with Crippen molar-refractivity contribution in [2.75, 3.05) is 11.9 Å². The Bertz CT molecular complexity index is 686. The molecule has 0 aliphatic carbocycles. The number of aromatic nitrogens is 1. The second kappa shape index (κ2) is 4.57. The van der Waals surface area contributed by atoms with Crippen LogP contribution in [-0.4, -0.2) is 17.9 Å². The van der Waals surface area contributed by atoms with Gasteiger partial charge >= 0.3 is 5.91 Å². The van der Waals surface area contributed by atoms with Gasteiger partial charge in [-0.2, -0.15) is 0 Å². The minimum absolute atomic E-state index is 0.104. The summed E-state index contributed by atoms with van der Waals surface area (Å²) in [5, 5.41) is 0. The summed E-state index contributed by atoms with van der Waals surface area (Å²) in [6, 6.07) is 16.7. The Morgan fingerprint density at radius 2 is 1.74 bits per heavy atom. The topological polar surface area (TPSA) is 46.3 Å². The number of nitrogens with zero attached hydrogens (tertiary/aromatic N) is 2. The van der Waals surface area contributed by atoms with Gasteiger partial charge in [0.05, 0.1) is 0 Å². The van der Waals surface area contributed by atoms with Gasteiger partial charge < -0.3 is 9.32 Å². The molecule has 0 radical (unpaired) electrons. The molecular weight excluding hydrogens is 240 g/mol. The van der Waals surface area contributed by atoms with Crippen molar-refractivity contribution in [2.45, 2.75) is 0 Å². The van der Waals surface area contributed by atoms with Crippen molar-refractivity contribution in [3.63, 3.8) is 0 Å². The average Bonchev–Trinajstić information content (AvgIpc) is 2.90. The zero-order valence-corrected chi connectivity index (χ0v) is 10.4. The van der Waals surface area contributed by atoms with E-state index in [1.54, 1.807) is 13.1 Å². The molecule has 0 fully saturated rings. The summed E-state index contributed by atoms with van der Waals surface area (Å²) in [7, 11) is 1.70. The van der Waals surface area contributed by atoms with Gasteiger partial charge in [0.15, 0.2) is 5.58 Å². The number of rotatable bonds is 2. The second-order valence-corrected chi connectivity index (χ2v) is 4.19. The van der Waals surface area contributed by atoms with E-state index in [1.807, 2.05) is 48.5 Å². The molecule has 19 heavy (non-hydrogen) atoms. The van der Waals surface area contributed by atoms with Gasteiger partial charge in [-0.15, -0.1) is 0 Å². The maximum absolute atomic E-state index is 12.3. The van der Waals surface area contributed by atoms with E-state index < -0.39 is 0 Å². The molecule has 0 spiro atoms. The lowest BCUT2D eigenvalue weighted by Gasteiger charge is -2.14. The number of anilines is 1. The molecule has 4 heteroatoms. The van der Waals surface area contributed by atoms with Crippen LogP contribution in [0.3, 0.4) is 0 Å². The first-order valence-corrected chi connectivity index (χ1v) is 5.94. The molecule has 0 atom stereocenters. The van der Waals surface area contributed by atoms with Crippen molar-refractivity contribution < 1.29 is 9.21 Å². The van der Waals surface area contributed by atoms with Gasteiger partial charge in [0, 0.05) is 12.7 Å². The standard InChI is InChI=1S/C15H12N2O2/c1-17(11-7-3-2-4-8-11)15(18)14-16-12-9-5-6-10-13(12)19-14/h2-10H,1H3. The lowest BCUT2D eigenvalue weighted by atomic mass is 10.3. The number of amides is 1. The Balaban J connectivity index is 1.95. The zero-order valence-electron chi connectivity index (χ0n) is 10.4. The third-order valence-electron chi connectivity index (χ3n) is 2.92. The molecule has 0 unspecified atom stereocenters. The molecule has 0 aliphatic rings. The molecule has 0 N–H and O–H groups in total. The predicted molar refractivity (Wildman–Crippen MR) is 73.2 cm³/mol. The Morgan fingerprint density at radius 3 is 2.47 bits per heavy atom. The molecule has 3 rings (SSSR count). The molecule has 0 saturated heterocycles. The molecular formula is C15H12N2O2. The van der Waals surface area contributed by atoms with Gasteiger partial charge in [-0.05, 0) is 24.3 Å². The molecule has 1 amide bonds. The van der Waals surface area contributed by atoms with Crippen LogP contribution in [0.1, 0.15) is 10.7 Å². The van der Waals surface area contributed by atoms with Crippen LogP contribution in [0, 0.1) is 0 Å². The van der Waals surface area contributed by atoms with Gasteiger partial charge in [0.25, 0.3) is 5.89 Å². The van der Waals surface area contributed by atoms with Crippen molar-refractivity contribution >= 4 is 22.7 Å². The smallest absolute Gasteiger partial charge is 0.313 e. The highest BCUT2D eigenvalue weighted by molar-refractivity contribution is 6.03. The lowest BCUT2D eigenvalue weighted by molar-refractivity contribution is 0.0962. The van der Waals surface area contributed by atoms with Crippen molar-refractivity contribution in [1.82, 2.24) is 4.98 Å². The monoisotopic (exact) mass is 252 g/mol. The van der Waals surface area contributed by atoms with Crippen molar-refractivity contribution in [3.05, 3.63) is 60.5 Å². The Labute approximate surface area is 110 Å². The molecule has 4 nitrogen and oxygen atoms in total. The van der Waals surface area contributed by atoms with Gasteiger partial charge in [0.1, 0.15) is 5.52 Å². The first kappa shape index (κ1) is 11.5. The number of benzene rings is 2. The number of hydrogen-bond donors (Lipinski definition) is 0. The van der Waals surface area contributed by atoms with Crippen molar-refractivity contribution in [2.24, 2.45) is 0 Å². The van der Waals surface area contributed by atoms with Gasteiger partial charge in [-0.25, -0.2) is 4.98 Å². The van der Waals surface area contributed by atoms with E-state index in [2.05, 4.69) is 4.98 Å². The average molecular weight is 252 g/mol. The lowest BCUT2D eigenvalue weighted by Crippen LogP contribution is -2.26. The highest BCUT2D eigenvalue weighted by Gasteiger charge is 2.19. The van der Waals surface area contributed by atoms with Crippen LogP contribution in [0.4, 0.5) is 5.69 Å². The van der Waals surface area contributed by atoms with Crippen molar-refractivity contribution in [1.29, 1.82) is 0 Å². The number of carbonyl (C=O) groups is 1. The molecule has 94 valence electrons. The highest BCUT2D eigenvalue weighted by atomic mass is 16.4. The van der Waals surface area contributed by atoms with E-state index in [1.165, 1.54) is 4.90 Å². The van der Waals surface area contributed by atoms with E-state index in [4.69, 9.17) is 4.42 Å². The molecule has 3 aromatic rings. The zero-order chi connectivity index (χ0) is 13.2. The van der Waals surface area contributed by atoms with Crippen LogP contribution in [0.2, 0.25) is 0 Å². The molecule has 0 bridgehead atoms. The van der Waals surface area contributed by atoms with Crippen LogP contribution in [0.25, 0.3) is 11.1 Å². The summed E-state index contributed by atoms with van der Waals surface area (Å²) in [6.45, 7) is 0. The maximum atomic E-state index is 12.3. The minimum Gasteiger partial charge on any atom is -0.432 e. The summed E-state index contributed by atoms with van der Waals surface area (Å²) < 4.78 is 5.47. The molecule has 0 saturated carbocycles. The fraction of sp³-hybridized carbons (Fsp3) is 0.0667. The second-order valence-electron chi connectivity index (χ2n) is 4.19. The number of carbonyl (C=O) groups excluding carboxylic acids is 1. The van der Waals surface area contributed by atoms with Crippen LogP contribution < -0.4 is 4.90 Å². The Hall–Kier alpha value is -2.62. The van der Waals surface area contributed by atoms with Gasteiger partial charge in [-0.1, -0.05) is 30.3 Å². The fourth-order valence-corrected chi connectivity index (χ4v) is 1.88. The Kier molecular flexibility index (Phi) is 2.76. The van der Waals surface area contributed by atoms with Gasteiger partial charge in [-0.3, -0.25) is 4.79 Å². The van der Waals surface area contributed by atoms with Crippen LogP contribution >= 0.6 is 0 Å². The quantitative estimate of drug-likeness (QED) is 0.704. The number of fused-ring (bicyclic) bond motifs is 1. The van der Waals surface area contributed by atoms with E-state index in [-0.39, 0.29) is 11.8 Å². The Morgan fingerprint density at radius 1 is 1.05 bits per heavy atom. The first-order valence-electron chi connectivity index (χ1n) is 5.94. The fourth-order valence-electron chi connectivity index (χ4n) is 1.88. The van der Waals surface area contributed by atoms with Crippen LogP contribution in [-0.2, 0) is 0 Å². The number of oxazole rings is 1. The minimum atomic E-state index is -0.262. The first-order chi connectivity index (χ1) is 9.25. The molecule has 1 heterocycles. The van der Waals surface area contributed by atoms with Crippen molar-refractivity contribution in [3.8, 4) is 0 Å². The normalized spacial score (nSPS) is 10.6. The molecule has 1 aromatic heterocycles. The maximum Gasteiger partial charge on any atom is 0.313 e. The third kappa shape index (κ3) is 2.08. The number of para-hydroxylation sites is 3. The van der Waals surface area contributed by atoms with E-state index in [0.717, 1.165) is 5.69 Å². The number of hydrogen-bond acceptors (Lipinski definition) is 3. The SMILES string of the molecule is CN(C(=O)c1nc2ccccc2o1)c1ccccc1. The third-order valence-corrected chi connectivity index (χ3v) is 2.92. The van der Waals surface area contributed by atoms with Crippen LogP contribution in [0.5, 0.6) is 0 Å². The molecule has 2 aromatic carbocycles. The summed E-state index contributed by atoms with van der Waals surface area (Å²) >= 11 is 0. The summed E-state index contributed by atoms with van der Waals surface area (Å²) in [5.41, 5.74) is 2.11. The van der Waals surface area contributed by atoms with E-state index in [9.17, 15) is 4.79 Å². The summed E-state index contributed by atoms with van der Waals surface area (Å²) in [4.78, 5) is 18.0. The highest BCUT2D eigenvalue weighted by Crippen LogP contribution is 2.18. The summed E-state index contributed by atoms with van der Waals surface area (Å²) in [5.74, 6) is -0.157. The summed E-state index contributed by atoms with van der Waals surface area (Å²) in [6.07, 6.45) is 0. The largest absolute Gasteiger partial charge is 0.432 e. The van der Waals surface area contributed by atoms with E-state index in [0.29, 0.717) is 11.1 Å². The van der Waals surface area contributed by atoms with E-state index >= 15 is 0 Å². The van der Waals surface area contributed by atoms with Gasteiger partial charge in [0.2, 0.25) is 0 Å². The van der Waals surface area contributed by atoms with Crippen LogP contribution in [0.15, 0.2) is 59.0 Å². The predicted octanol–water partition coefficient (Wildman–Crippen LogP) is 3.10. The molecule has 0 aliphatic heterocycles.